The van der Waals surface area contributed by atoms with Crippen molar-refractivity contribution in [3.05, 3.63) is 35.4 Å². The van der Waals surface area contributed by atoms with Crippen LogP contribution in [0.3, 0.4) is 0 Å². The largest absolute Gasteiger partial charge is 0.329 e. The Kier molecular flexibility index (Phi) is 4.79. The SMILES string of the molecule is CC(C)c1ccc(CC(CN)N2CCCC2)cc1. The highest BCUT2D eigenvalue weighted by Crippen LogP contribution is 2.18. The van der Waals surface area contributed by atoms with E-state index in [0.717, 1.165) is 13.0 Å². The van der Waals surface area contributed by atoms with Crippen LogP contribution in [0, 0.1) is 0 Å². The van der Waals surface area contributed by atoms with E-state index in [0.29, 0.717) is 12.0 Å². The molecule has 2 heteroatoms. The number of likely N-dealkylation sites (tertiary alicyclic amines) is 1. The summed E-state index contributed by atoms with van der Waals surface area (Å²) in [6.07, 6.45) is 3.76. The van der Waals surface area contributed by atoms with Crippen LogP contribution >= 0.6 is 0 Å². The van der Waals surface area contributed by atoms with Gasteiger partial charge in [-0.1, -0.05) is 38.1 Å². The van der Waals surface area contributed by atoms with Crippen LogP contribution in [0.4, 0.5) is 0 Å². The third kappa shape index (κ3) is 3.33. The Balaban J connectivity index is 1.98. The fourth-order valence-corrected chi connectivity index (χ4v) is 2.78. The van der Waals surface area contributed by atoms with E-state index in [1.165, 1.54) is 37.1 Å². The average molecular weight is 246 g/mol. The summed E-state index contributed by atoms with van der Waals surface area (Å²) >= 11 is 0. The highest BCUT2D eigenvalue weighted by atomic mass is 15.2. The number of hydrogen-bond acceptors (Lipinski definition) is 2. The second-order valence-electron chi connectivity index (χ2n) is 5.73. The molecule has 0 spiro atoms. The van der Waals surface area contributed by atoms with Gasteiger partial charge < -0.3 is 5.73 Å². The molecule has 1 unspecified atom stereocenters. The lowest BCUT2D eigenvalue weighted by atomic mass is 9.99. The minimum absolute atomic E-state index is 0.525. The number of rotatable bonds is 5. The summed E-state index contributed by atoms with van der Waals surface area (Å²) in [5.74, 6) is 0.614. The van der Waals surface area contributed by atoms with E-state index >= 15 is 0 Å². The minimum atomic E-state index is 0.525. The van der Waals surface area contributed by atoms with E-state index in [-0.39, 0.29) is 0 Å². The van der Waals surface area contributed by atoms with Gasteiger partial charge in [-0.15, -0.1) is 0 Å². The Morgan fingerprint density at radius 3 is 2.22 bits per heavy atom. The van der Waals surface area contributed by atoms with Crippen molar-refractivity contribution in [3.8, 4) is 0 Å². The van der Waals surface area contributed by atoms with Gasteiger partial charge in [-0.25, -0.2) is 0 Å². The maximum Gasteiger partial charge on any atom is 0.0258 e. The molecule has 1 heterocycles. The third-order valence-electron chi connectivity index (χ3n) is 4.05. The molecule has 1 saturated heterocycles. The van der Waals surface area contributed by atoms with Gasteiger partial charge in [0.1, 0.15) is 0 Å². The summed E-state index contributed by atoms with van der Waals surface area (Å²) in [7, 11) is 0. The van der Waals surface area contributed by atoms with Crippen molar-refractivity contribution in [3.63, 3.8) is 0 Å². The topological polar surface area (TPSA) is 29.3 Å². The van der Waals surface area contributed by atoms with Crippen LogP contribution in [0.1, 0.15) is 43.7 Å². The van der Waals surface area contributed by atoms with E-state index < -0.39 is 0 Å². The molecule has 100 valence electrons. The summed E-state index contributed by atoms with van der Waals surface area (Å²) in [6, 6.07) is 9.59. The van der Waals surface area contributed by atoms with Crippen molar-refractivity contribution < 1.29 is 0 Å². The van der Waals surface area contributed by atoms with Gasteiger partial charge in [0, 0.05) is 12.6 Å². The van der Waals surface area contributed by atoms with Gasteiger partial charge in [0.25, 0.3) is 0 Å². The van der Waals surface area contributed by atoms with E-state index in [1.807, 2.05) is 0 Å². The maximum atomic E-state index is 5.94. The Morgan fingerprint density at radius 2 is 1.72 bits per heavy atom. The average Bonchev–Trinajstić information content (AvgIpc) is 2.90. The number of nitrogens with two attached hydrogens (primary N) is 1. The van der Waals surface area contributed by atoms with Gasteiger partial charge in [0.05, 0.1) is 0 Å². The lowest BCUT2D eigenvalue weighted by Gasteiger charge is -2.26. The molecular weight excluding hydrogens is 220 g/mol. The molecule has 0 amide bonds. The predicted molar refractivity (Wildman–Crippen MR) is 77.9 cm³/mol. The summed E-state index contributed by atoms with van der Waals surface area (Å²) in [4.78, 5) is 2.55. The predicted octanol–water partition coefficient (Wildman–Crippen LogP) is 2.78. The monoisotopic (exact) mass is 246 g/mol. The van der Waals surface area contributed by atoms with E-state index in [2.05, 4.69) is 43.0 Å². The second-order valence-corrected chi connectivity index (χ2v) is 5.73. The molecule has 0 aliphatic carbocycles. The van der Waals surface area contributed by atoms with E-state index in [1.54, 1.807) is 0 Å². The fraction of sp³-hybridized carbons (Fsp3) is 0.625. The summed E-state index contributed by atoms with van der Waals surface area (Å²) in [6.45, 7) is 7.70. The molecular formula is C16H26N2. The van der Waals surface area contributed by atoms with Gasteiger partial charge in [0.15, 0.2) is 0 Å². The van der Waals surface area contributed by atoms with Crippen molar-refractivity contribution in [1.29, 1.82) is 0 Å². The van der Waals surface area contributed by atoms with Crippen LogP contribution in [0.2, 0.25) is 0 Å². The van der Waals surface area contributed by atoms with Crippen molar-refractivity contribution in [1.82, 2.24) is 4.90 Å². The van der Waals surface area contributed by atoms with Gasteiger partial charge >= 0.3 is 0 Å². The molecule has 0 radical (unpaired) electrons. The van der Waals surface area contributed by atoms with Crippen molar-refractivity contribution in [2.24, 2.45) is 5.73 Å². The summed E-state index contributed by atoms with van der Waals surface area (Å²) < 4.78 is 0. The lowest BCUT2D eigenvalue weighted by Crippen LogP contribution is -2.40. The second kappa shape index (κ2) is 6.35. The Hall–Kier alpha value is -0.860. The quantitative estimate of drug-likeness (QED) is 0.865. The highest BCUT2D eigenvalue weighted by Gasteiger charge is 2.20. The van der Waals surface area contributed by atoms with Gasteiger partial charge in [0.2, 0.25) is 0 Å². The summed E-state index contributed by atoms with van der Waals surface area (Å²) in [5, 5.41) is 0. The van der Waals surface area contributed by atoms with Crippen LogP contribution < -0.4 is 5.73 Å². The molecule has 1 aliphatic rings. The first-order valence-corrected chi connectivity index (χ1v) is 7.23. The molecule has 1 fully saturated rings. The van der Waals surface area contributed by atoms with E-state index in [9.17, 15) is 0 Å². The van der Waals surface area contributed by atoms with Crippen LogP contribution in [0.15, 0.2) is 24.3 Å². The zero-order valence-electron chi connectivity index (χ0n) is 11.7. The zero-order valence-corrected chi connectivity index (χ0v) is 11.7. The van der Waals surface area contributed by atoms with Crippen LogP contribution in [0.25, 0.3) is 0 Å². The van der Waals surface area contributed by atoms with Gasteiger partial charge in [-0.3, -0.25) is 4.90 Å². The Labute approximate surface area is 111 Å². The molecule has 2 N–H and O–H groups in total. The third-order valence-corrected chi connectivity index (χ3v) is 4.05. The first-order valence-electron chi connectivity index (χ1n) is 7.23. The van der Waals surface area contributed by atoms with Gasteiger partial charge in [-0.2, -0.15) is 0 Å². The van der Waals surface area contributed by atoms with E-state index in [4.69, 9.17) is 5.73 Å². The molecule has 2 rings (SSSR count). The first-order chi connectivity index (χ1) is 8.70. The normalized spacial score (nSPS) is 18.4. The van der Waals surface area contributed by atoms with Crippen molar-refractivity contribution >= 4 is 0 Å². The first kappa shape index (κ1) is 13.6. The molecule has 1 aromatic rings. The molecule has 0 saturated carbocycles. The molecule has 0 bridgehead atoms. The molecule has 18 heavy (non-hydrogen) atoms. The molecule has 1 aromatic carbocycles. The maximum absolute atomic E-state index is 5.94. The fourth-order valence-electron chi connectivity index (χ4n) is 2.78. The lowest BCUT2D eigenvalue weighted by molar-refractivity contribution is 0.246. The number of hydrogen-bond donors (Lipinski definition) is 1. The number of benzene rings is 1. The van der Waals surface area contributed by atoms with Crippen LogP contribution in [0.5, 0.6) is 0 Å². The zero-order chi connectivity index (χ0) is 13.0. The van der Waals surface area contributed by atoms with Crippen LogP contribution in [-0.2, 0) is 6.42 Å². The number of nitrogens with zero attached hydrogens (tertiary/aromatic N) is 1. The van der Waals surface area contributed by atoms with Gasteiger partial charge in [-0.05, 0) is 49.4 Å². The van der Waals surface area contributed by atoms with Crippen molar-refractivity contribution in [2.75, 3.05) is 19.6 Å². The highest BCUT2D eigenvalue weighted by molar-refractivity contribution is 5.25. The van der Waals surface area contributed by atoms with Crippen LogP contribution in [-0.4, -0.2) is 30.6 Å². The standard InChI is InChI=1S/C16H26N2/c1-13(2)15-7-5-14(6-8-15)11-16(12-17)18-9-3-4-10-18/h5-8,13,16H,3-4,9-12,17H2,1-2H3. The van der Waals surface area contributed by atoms with Crippen molar-refractivity contribution in [2.45, 2.75) is 45.1 Å². The smallest absolute Gasteiger partial charge is 0.0258 e. The molecule has 1 aliphatic heterocycles. The molecule has 1 atom stereocenters. The summed E-state index contributed by atoms with van der Waals surface area (Å²) in [5.41, 5.74) is 8.78. The molecule has 0 aromatic heterocycles. The molecule has 2 nitrogen and oxygen atoms in total. The Bertz CT molecular complexity index is 350. The minimum Gasteiger partial charge on any atom is -0.329 e. The Morgan fingerprint density at radius 1 is 1.11 bits per heavy atom.